The zero-order chi connectivity index (χ0) is 15.4. The van der Waals surface area contributed by atoms with Gasteiger partial charge in [0.2, 0.25) is 0 Å². The maximum atomic E-state index is 10.4. The summed E-state index contributed by atoms with van der Waals surface area (Å²) in [5.74, 6) is -0.0281. The molecule has 2 aromatic rings. The number of aromatic nitrogens is 2. The summed E-state index contributed by atoms with van der Waals surface area (Å²) in [5.41, 5.74) is 1.44. The van der Waals surface area contributed by atoms with Crippen LogP contribution in [0.1, 0.15) is 49.0 Å². The van der Waals surface area contributed by atoms with Crippen LogP contribution >= 0.6 is 11.3 Å². The Labute approximate surface area is 133 Å². The lowest BCUT2D eigenvalue weighted by Crippen LogP contribution is -2.21. The molecule has 1 N–H and O–H groups in total. The number of aryl methyl sites for hydroxylation is 2. The maximum absolute atomic E-state index is 10.4. The number of carbonyl (C=O) groups is 1. The molecular formula is C16H20N3O2S-. The number of hydrogen-bond donors (Lipinski definition) is 1. The predicted molar refractivity (Wildman–Crippen MR) is 86.0 cm³/mol. The van der Waals surface area contributed by atoms with Crippen LogP contribution in [0.4, 0.5) is 5.82 Å². The summed E-state index contributed by atoms with van der Waals surface area (Å²) < 4.78 is 0. The van der Waals surface area contributed by atoms with Gasteiger partial charge in [-0.05, 0) is 50.5 Å². The van der Waals surface area contributed by atoms with Crippen molar-refractivity contribution in [2.24, 2.45) is 0 Å². The van der Waals surface area contributed by atoms with Gasteiger partial charge < -0.3 is 15.2 Å². The first-order chi connectivity index (χ1) is 10.8. The van der Waals surface area contributed by atoms with Crippen LogP contribution in [0.15, 0.2) is 6.33 Å². The van der Waals surface area contributed by atoms with Gasteiger partial charge in [-0.15, -0.1) is 11.3 Å². The largest absolute Gasteiger partial charge is 0.550 e. The van der Waals surface area contributed by atoms with Gasteiger partial charge in [0.15, 0.2) is 0 Å². The van der Waals surface area contributed by atoms with Crippen LogP contribution in [0, 0.1) is 0 Å². The maximum Gasteiger partial charge on any atom is 0.138 e. The van der Waals surface area contributed by atoms with Crippen LogP contribution in [-0.2, 0) is 17.6 Å². The minimum Gasteiger partial charge on any atom is -0.550 e. The smallest absolute Gasteiger partial charge is 0.138 e. The van der Waals surface area contributed by atoms with Gasteiger partial charge in [-0.1, -0.05) is 6.42 Å². The van der Waals surface area contributed by atoms with Gasteiger partial charge >= 0.3 is 0 Å². The Bertz CT molecular complexity index is 669. The van der Waals surface area contributed by atoms with Crippen LogP contribution in [-0.4, -0.2) is 22.5 Å². The number of nitrogens with one attached hydrogen (secondary N) is 1. The third kappa shape index (κ3) is 3.38. The van der Waals surface area contributed by atoms with Crippen molar-refractivity contribution in [2.75, 3.05) is 11.9 Å². The normalized spacial score (nSPS) is 14.0. The SMILES string of the molecule is O=C([O-])CCCCCNc1ncnc2sc3c(c12)CCCC3. The monoisotopic (exact) mass is 318 g/mol. The van der Waals surface area contributed by atoms with Gasteiger partial charge in [0.25, 0.3) is 0 Å². The Morgan fingerprint density at radius 1 is 1.23 bits per heavy atom. The standard InChI is InChI=1S/C16H21N3O2S/c20-13(21)8-2-1-5-9-17-15-14-11-6-3-4-7-12(11)22-16(14)19-10-18-15/h10H,1-9H2,(H,20,21)(H,17,18,19)/p-1. The summed E-state index contributed by atoms with van der Waals surface area (Å²) in [4.78, 5) is 21.8. The molecule has 2 heterocycles. The van der Waals surface area contributed by atoms with Gasteiger partial charge in [-0.3, -0.25) is 0 Å². The van der Waals surface area contributed by atoms with E-state index >= 15 is 0 Å². The lowest BCUT2D eigenvalue weighted by molar-refractivity contribution is -0.305. The van der Waals surface area contributed by atoms with Gasteiger partial charge in [0, 0.05) is 17.4 Å². The van der Waals surface area contributed by atoms with Gasteiger partial charge in [-0.2, -0.15) is 0 Å². The van der Waals surface area contributed by atoms with Crippen molar-refractivity contribution in [3.8, 4) is 0 Å². The van der Waals surface area contributed by atoms with Crippen LogP contribution in [0.25, 0.3) is 10.2 Å². The summed E-state index contributed by atoms with van der Waals surface area (Å²) >= 11 is 1.80. The highest BCUT2D eigenvalue weighted by Crippen LogP contribution is 2.38. The van der Waals surface area contributed by atoms with Crippen molar-refractivity contribution >= 4 is 33.3 Å². The second kappa shape index (κ2) is 7.05. The Morgan fingerprint density at radius 3 is 2.95 bits per heavy atom. The molecular weight excluding hydrogens is 298 g/mol. The molecule has 22 heavy (non-hydrogen) atoms. The number of anilines is 1. The fourth-order valence-electron chi connectivity index (χ4n) is 3.00. The van der Waals surface area contributed by atoms with E-state index in [4.69, 9.17) is 0 Å². The molecule has 1 aliphatic carbocycles. The molecule has 0 radical (unpaired) electrons. The third-order valence-electron chi connectivity index (χ3n) is 4.10. The van der Waals surface area contributed by atoms with E-state index in [1.165, 1.54) is 35.1 Å². The van der Waals surface area contributed by atoms with E-state index in [1.807, 2.05) is 0 Å². The summed E-state index contributed by atoms with van der Waals surface area (Å²) in [6.45, 7) is 0.809. The van der Waals surface area contributed by atoms with E-state index in [9.17, 15) is 9.90 Å². The topological polar surface area (TPSA) is 77.9 Å². The summed E-state index contributed by atoms with van der Waals surface area (Å²) in [6.07, 6.45) is 9.09. The highest BCUT2D eigenvalue weighted by Gasteiger charge is 2.19. The molecule has 0 spiro atoms. The summed E-state index contributed by atoms with van der Waals surface area (Å²) in [7, 11) is 0. The van der Waals surface area contributed by atoms with Crippen molar-refractivity contribution in [3.63, 3.8) is 0 Å². The number of unbranched alkanes of at least 4 members (excludes halogenated alkanes) is 2. The van der Waals surface area contributed by atoms with Gasteiger partial charge in [0.1, 0.15) is 17.0 Å². The minimum atomic E-state index is -0.963. The molecule has 5 nitrogen and oxygen atoms in total. The van der Waals surface area contributed by atoms with Crippen molar-refractivity contribution in [1.29, 1.82) is 0 Å². The molecule has 0 saturated carbocycles. The van der Waals surface area contributed by atoms with E-state index in [1.54, 1.807) is 17.7 Å². The molecule has 0 unspecified atom stereocenters. The van der Waals surface area contributed by atoms with Crippen LogP contribution in [0.2, 0.25) is 0 Å². The predicted octanol–water partition coefficient (Wildman–Crippen LogP) is 2.29. The van der Waals surface area contributed by atoms with Crippen molar-refractivity contribution in [2.45, 2.75) is 51.4 Å². The number of fused-ring (bicyclic) bond motifs is 3. The number of aliphatic carboxylic acids is 1. The number of carbonyl (C=O) groups excluding carboxylic acids is 1. The molecule has 0 aromatic carbocycles. The number of carboxylic acid groups (broad SMARTS) is 1. The second-order valence-electron chi connectivity index (χ2n) is 5.72. The Hall–Kier alpha value is -1.69. The lowest BCUT2D eigenvalue weighted by Gasteiger charge is -2.12. The molecule has 118 valence electrons. The highest BCUT2D eigenvalue weighted by atomic mass is 32.1. The van der Waals surface area contributed by atoms with E-state index in [2.05, 4.69) is 15.3 Å². The molecule has 0 amide bonds. The van der Waals surface area contributed by atoms with E-state index < -0.39 is 5.97 Å². The summed E-state index contributed by atoms with van der Waals surface area (Å²) in [6, 6.07) is 0. The Balaban J connectivity index is 1.64. The van der Waals surface area contributed by atoms with E-state index in [-0.39, 0.29) is 6.42 Å². The Morgan fingerprint density at radius 2 is 2.09 bits per heavy atom. The zero-order valence-electron chi connectivity index (χ0n) is 12.6. The number of thiophene rings is 1. The quantitative estimate of drug-likeness (QED) is 0.793. The first kappa shape index (κ1) is 15.2. The lowest BCUT2D eigenvalue weighted by atomic mass is 9.97. The molecule has 2 aromatic heterocycles. The fraction of sp³-hybridized carbons (Fsp3) is 0.562. The molecule has 0 fully saturated rings. The van der Waals surface area contributed by atoms with Gasteiger partial charge in [0.05, 0.1) is 5.39 Å². The highest BCUT2D eigenvalue weighted by molar-refractivity contribution is 7.19. The molecule has 3 rings (SSSR count). The molecule has 6 heteroatoms. The average molecular weight is 318 g/mol. The van der Waals surface area contributed by atoms with E-state index in [0.717, 1.165) is 36.5 Å². The van der Waals surface area contributed by atoms with Crippen molar-refractivity contribution in [1.82, 2.24) is 9.97 Å². The fourth-order valence-corrected chi connectivity index (χ4v) is 4.23. The van der Waals surface area contributed by atoms with Crippen LogP contribution in [0.3, 0.4) is 0 Å². The molecule has 0 bridgehead atoms. The molecule has 0 aliphatic heterocycles. The minimum absolute atomic E-state index is 0.149. The van der Waals surface area contributed by atoms with Crippen LogP contribution in [0.5, 0.6) is 0 Å². The third-order valence-corrected chi connectivity index (χ3v) is 5.30. The summed E-state index contributed by atoms with van der Waals surface area (Å²) in [5, 5.41) is 15.0. The number of hydrogen-bond acceptors (Lipinski definition) is 6. The zero-order valence-corrected chi connectivity index (χ0v) is 13.4. The second-order valence-corrected chi connectivity index (χ2v) is 6.81. The number of nitrogens with zero attached hydrogens (tertiary/aromatic N) is 2. The first-order valence-corrected chi connectivity index (χ1v) is 8.76. The van der Waals surface area contributed by atoms with Crippen molar-refractivity contribution in [3.05, 3.63) is 16.8 Å². The Kier molecular flexibility index (Phi) is 4.87. The molecule has 0 atom stereocenters. The van der Waals surface area contributed by atoms with Gasteiger partial charge in [-0.25, -0.2) is 9.97 Å². The number of rotatable bonds is 7. The number of carboxylic acids is 1. The van der Waals surface area contributed by atoms with E-state index in [0.29, 0.717) is 6.42 Å². The average Bonchev–Trinajstić information content (AvgIpc) is 2.89. The first-order valence-electron chi connectivity index (χ1n) is 7.94. The molecule has 0 saturated heterocycles. The van der Waals surface area contributed by atoms with Crippen molar-refractivity contribution < 1.29 is 9.90 Å². The molecule has 1 aliphatic rings. The van der Waals surface area contributed by atoms with Crippen LogP contribution < -0.4 is 10.4 Å².